The number of aryl methyl sites for hydroxylation is 1. The van der Waals surface area contributed by atoms with Crippen molar-refractivity contribution < 1.29 is 77.5 Å². The van der Waals surface area contributed by atoms with Gasteiger partial charge in [-0.2, -0.15) is 13.2 Å². The third-order valence-corrected chi connectivity index (χ3v) is 1.45. The van der Waals surface area contributed by atoms with Crippen LogP contribution in [0.2, 0.25) is 0 Å². The van der Waals surface area contributed by atoms with E-state index < -0.39 is 24.4 Å². The molecule has 0 amide bonds. The van der Waals surface area contributed by atoms with Gasteiger partial charge in [0.2, 0.25) is 0 Å². The van der Waals surface area contributed by atoms with Crippen LogP contribution in [0.4, 0.5) is 26.1 Å². The predicted molar refractivity (Wildman–Crippen MR) is 34.7 cm³/mol. The summed E-state index contributed by atoms with van der Waals surface area (Å²) in [6, 6.07) is 0. The Balaban J connectivity index is 0.00000196. The standard InChI is InChI=1S/C4H3BF6N3.K/c1-14-3(5(9,10)11)2(12-13-14)4(6,7)8;/h1H3;/q-1;+1. The Kier molecular flexibility index (Phi) is 4.87. The first kappa shape index (κ1) is 15.4. The number of rotatable bonds is 1. The summed E-state index contributed by atoms with van der Waals surface area (Å²) in [7, 11) is 0.757. The molecule has 0 unspecified atom stereocenters. The van der Waals surface area contributed by atoms with Crippen molar-refractivity contribution in [2.75, 3.05) is 0 Å². The van der Waals surface area contributed by atoms with Gasteiger partial charge in [-0.3, -0.25) is 4.68 Å². The van der Waals surface area contributed by atoms with Crippen molar-refractivity contribution in [1.29, 1.82) is 0 Å². The van der Waals surface area contributed by atoms with Crippen molar-refractivity contribution in [2.45, 2.75) is 6.18 Å². The second kappa shape index (κ2) is 4.74. The molecule has 1 rings (SSSR count). The summed E-state index contributed by atoms with van der Waals surface area (Å²) in [5.74, 6) is 0. The van der Waals surface area contributed by atoms with E-state index in [0.29, 0.717) is 0 Å². The van der Waals surface area contributed by atoms with E-state index in [1.807, 2.05) is 0 Å². The maximum atomic E-state index is 12.1. The summed E-state index contributed by atoms with van der Waals surface area (Å²) in [6.07, 6.45) is -5.14. The van der Waals surface area contributed by atoms with Crippen LogP contribution in [0.3, 0.4) is 0 Å². The monoisotopic (exact) mass is 257 g/mol. The molecule has 1 aromatic heterocycles. The van der Waals surface area contributed by atoms with E-state index in [1.54, 1.807) is 0 Å². The summed E-state index contributed by atoms with van der Waals surface area (Å²) in [6.45, 7) is -5.77. The second-order valence-electron chi connectivity index (χ2n) is 2.52. The van der Waals surface area contributed by atoms with Crippen molar-refractivity contribution in [2.24, 2.45) is 7.05 Å². The van der Waals surface area contributed by atoms with Crippen molar-refractivity contribution in [1.82, 2.24) is 15.0 Å². The van der Waals surface area contributed by atoms with Gasteiger partial charge in [0.25, 0.3) is 0 Å². The van der Waals surface area contributed by atoms with E-state index >= 15 is 0 Å². The second-order valence-corrected chi connectivity index (χ2v) is 2.52. The first-order valence-electron chi connectivity index (χ1n) is 3.30. The molecule has 1 heterocycles. The maximum Gasteiger partial charge on any atom is 1.00 e. The SMILES string of the molecule is Cn1nnc(C(F)(F)F)c1[B-](F)(F)F.[K+]. The van der Waals surface area contributed by atoms with E-state index in [0.717, 1.165) is 7.05 Å². The molecule has 0 saturated carbocycles. The molecular weight excluding hydrogens is 254 g/mol. The zero-order chi connectivity index (χ0) is 11.1. The zero-order valence-corrected chi connectivity index (χ0v) is 10.8. The van der Waals surface area contributed by atoms with Crippen LogP contribution in [-0.4, -0.2) is 22.0 Å². The number of halogens is 6. The Hall–Kier alpha value is 0.421. The molecule has 0 radical (unpaired) electrons. The van der Waals surface area contributed by atoms with Crippen molar-refractivity contribution in [3.05, 3.63) is 5.69 Å². The molecule has 11 heteroatoms. The molecule has 0 atom stereocenters. The fraction of sp³-hybridized carbons (Fsp3) is 0.500. The molecule has 0 aliphatic carbocycles. The topological polar surface area (TPSA) is 30.7 Å². The fourth-order valence-electron chi connectivity index (χ4n) is 0.933. The predicted octanol–water partition coefficient (Wildman–Crippen LogP) is -2.11. The molecule has 80 valence electrons. The third kappa shape index (κ3) is 3.44. The van der Waals surface area contributed by atoms with Crippen LogP contribution in [0.1, 0.15) is 5.69 Å². The van der Waals surface area contributed by atoms with E-state index in [9.17, 15) is 26.1 Å². The minimum Gasteiger partial charge on any atom is -0.444 e. The van der Waals surface area contributed by atoms with Gasteiger partial charge < -0.3 is 12.9 Å². The number of hydrogen-bond acceptors (Lipinski definition) is 2. The van der Waals surface area contributed by atoms with Crippen LogP contribution in [0.5, 0.6) is 0 Å². The molecule has 3 nitrogen and oxygen atoms in total. The molecule has 0 fully saturated rings. The maximum absolute atomic E-state index is 12.1. The van der Waals surface area contributed by atoms with Gasteiger partial charge in [0.15, 0.2) is 5.69 Å². The number of hydrogen-bond donors (Lipinski definition) is 0. The third-order valence-electron chi connectivity index (χ3n) is 1.45. The molecule has 0 aromatic carbocycles. The first-order valence-corrected chi connectivity index (χ1v) is 3.30. The van der Waals surface area contributed by atoms with Gasteiger partial charge in [-0.05, 0) is 0 Å². The van der Waals surface area contributed by atoms with E-state index in [4.69, 9.17) is 0 Å². The Morgan fingerprint density at radius 2 is 1.67 bits per heavy atom. The van der Waals surface area contributed by atoms with Gasteiger partial charge in [0.05, 0.1) is 0 Å². The molecule has 0 saturated heterocycles. The average Bonchev–Trinajstić information content (AvgIpc) is 2.27. The summed E-state index contributed by atoms with van der Waals surface area (Å²) in [5.41, 5.74) is -3.83. The fourth-order valence-corrected chi connectivity index (χ4v) is 0.933. The van der Waals surface area contributed by atoms with Gasteiger partial charge in [0.1, 0.15) is 0 Å². The minimum absolute atomic E-state index is 0. The molecule has 0 aliphatic rings. The van der Waals surface area contributed by atoms with Crippen molar-refractivity contribution in [3.63, 3.8) is 0 Å². The molecule has 0 N–H and O–H groups in total. The van der Waals surface area contributed by atoms with E-state index in [1.165, 1.54) is 0 Å². The van der Waals surface area contributed by atoms with Gasteiger partial charge in [0, 0.05) is 12.6 Å². The molecule has 15 heavy (non-hydrogen) atoms. The molecule has 1 aromatic rings. The molecule has 0 spiro atoms. The Bertz CT molecular complexity index is 343. The average molecular weight is 257 g/mol. The number of aromatic nitrogens is 3. The minimum atomic E-state index is -5.77. The van der Waals surface area contributed by atoms with Gasteiger partial charge in [-0.1, -0.05) is 5.21 Å². The molecule has 0 bridgehead atoms. The van der Waals surface area contributed by atoms with E-state index in [2.05, 4.69) is 10.3 Å². The molecule has 0 aliphatic heterocycles. The molecular formula is C4H3BF6KN3. The van der Waals surface area contributed by atoms with Crippen LogP contribution in [-0.2, 0) is 13.2 Å². The van der Waals surface area contributed by atoms with E-state index in [-0.39, 0.29) is 56.1 Å². The Morgan fingerprint density at radius 1 is 1.20 bits per heavy atom. The van der Waals surface area contributed by atoms with Crippen LogP contribution < -0.4 is 57.0 Å². The largest absolute Gasteiger partial charge is 1.00 e. The van der Waals surface area contributed by atoms with Gasteiger partial charge in [-0.25, -0.2) is 0 Å². The number of alkyl halides is 3. The first-order chi connectivity index (χ1) is 6.14. The van der Waals surface area contributed by atoms with Crippen LogP contribution in [0.25, 0.3) is 0 Å². The summed E-state index contributed by atoms with van der Waals surface area (Å²) in [5, 5.41) is 5.13. The van der Waals surface area contributed by atoms with Gasteiger partial charge >= 0.3 is 64.5 Å². The zero-order valence-electron chi connectivity index (χ0n) is 7.69. The quantitative estimate of drug-likeness (QED) is 0.426. The van der Waals surface area contributed by atoms with Crippen molar-refractivity contribution in [3.8, 4) is 0 Å². The van der Waals surface area contributed by atoms with Gasteiger partial charge in [-0.15, -0.1) is 5.10 Å². The van der Waals surface area contributed by atoms with Crippen LogP contribution in [0, 0.1) is 0 Å². The number of nitrogens with zero attached hydrogens (tertiary/aromatic N) is 3. The van der Waals surface area contributed by atoms with Crippen LogP contribution in [0.15, 0.2) is 0 Å². The Morgan fingerprint density at radius 3 is 1.93 bits per heavy atom. The van der Waals surface area contributed by atoms with Crippen molar-refractivity contribution >= 4 is 12.6 Å². The Labute approximate surface area is 123 Å². The normalized spacial score (nSPS) is 12.5. The van der Waals surface area contributed by atoms with Crippen LogP contribution >= 0.6 is 0 Å². The summed E-state index contributed by atoms with van der Waals surface area (Å²) < 4.78 is 72.4. The summed E-state index contributed by atoms with van der Waals surface area (Å²) >= 11 is 0. The summed E-state index contributed by atoms with van der Waals surface area (Å²) in [4.78, 5) is 0. The smallest absolute Gasteiger partial charge is 0.444 e.